The highest BCUT2D eigenvalue weighted by Crippen LogP contribution is 2.16. The van der Waals surface area contributed by atoms with E-state index in [2.05, 4.69) is 13.5 Å². The molecule has 0 aliphatic heterocycles. The molecule has 0 bridgehead atoms. The van der Waals surface area contributed by atoms with E-state index in [0.717, 1.165) is 20.1 Å². The standard InChI is InChI=1S/C11H22O2.C2H6.CH4O.H2O/c1-4-5-6-7-11(9-13-3)8-10(2)12;2*1-2;/h11-12H,2,4-9H2,1,3H3;1-2H3;2H,1H3;1H2. The third-order valence-corrected chi connectivity index (χ3v) is 2.14. The molecule has 0 aliphatic rings. The van der Waals surface area contributed by atoms with Gasteiger partial charge in [0.15, 0.2) is 0 Å². The predicted molar refractivity (Wildman–Crippen MR) is 79.0 cm³/mol. The Labute approximate surface area is 113 Å². The molecule has 0 heterocycles. The summed E-state index contributed by atoms with van der Waals surface area (Å²) in [6.07, 6.45) is 5.52. The fourth-order valence-corrected chi connectivity index (χ4v) is 1.50. The molecule has 0 spiro atoms. The molecule has 4 nitrogen and oxygen atoms in total. The van der Waals surface area contributed by atoms with Crippen molar-refractivity contribution in [3.63, 3.8) is 0 Å². The van der Waals surface area contributed by atoms with Crippen LogP contribution < -0.4 is 0 Å². The van der Waals surface area contributed by atoms with Gasteiger partial charge < -0.3 is 20.4 Å². The van der Waals surface area contributed by atoms with E-state index < -0.39 is 0 Å². The second-order valence-electron chi connectivity index (χ2n) is 3.59. The molecule has 1 unspecified atom stereocenters. The van der Waals surface area contributed by atoms with Crippen LogP contribution in [0.3, 0.4) is 0 Å². The van der Waals surface area contributed by atoms with Gasteiger partial charge in [-0.1, -0.05) is 46.6 Å². The Morgan fingerprint density at radius 2 is 1.72 bits per heavy atom. The fraction of sp³-hybridized carbons (Fsp3) is 0.857. The SMILES string of the molecule is C=C(O)CC(CCCCC)COC.CC.CO.O. The third kappa shape index (κ3) is 24.6. The minimum Gasteiger partial charge on any atom is -0.513 e. The topological polar surface area (TPSA) is 81.2 Å². The van der Waals surface area contributed by atoms with Crippen LogP contribution in [0, 0.1) is 5.92 Å². The largest absolute Gasteiger partial charge is 0.513 e. The van der Waals surface area contributed by atoms with Crippen molar-refractivity contribution >= 4 is 0 Å². The fourth-order valence-electron chi connectivity index (χ4n) is 1.50. The second kappa shape index (κ2) is 25.3. The average molecular weight is 266 g/mol. The third-order valence-electron chi connectivity index (χ3n) is 2.14. The van der Waals surface area contributed by atoms with Crippen LogP contribution in [0.25, 0.3) is 0 Å². The van der Waals surface area contributed by atoms with Gasteiger partial charge in [-0.15, -0.1) is 0 Å². The molecule has 4 N–H and O–H groups in total. The summed E-state index contributed by atoms with van der Waals surface area (Å²) in [5, 5.41) is 16.1. The van der Waals surface area contributed by atoms with Gasteiger partial charge in [0.2, 0.25) is 0 Å². The van der Waals surface area contributed by atoms with E-state index in [4.69, 9.17) is 14.9 Å². The van der Waals surface area contributed by atoms with E-state index in [9.17, 15) is 0 Å². The van der Waals surface area contributed by atoms with Crippen molar-refractivity contribution in [3.8, 4) is 0 Å². The molecule has 18 heavy (non-hydrogen) atoms. The Morgan fingerprint density at radius 1 is 1.22 bits per heavy atom. The van der Waals surface area contributed by atoms with E-state index in [1.807, 2.05) is 13.8 Å². The molecule has 0 amide bonds. The Bertz CT molecular complexity index is 138. The number of aliphatic hydroxyl groups excluding tert-OH is 2. The number of ether oxygens (including phenoxy) is 1. The molecule has 0 fully saturated rings. The van der Waals surface area contributed by atoms with Crippen LogP contribution in [0.5, 0.6) is 0 Å². The first-order valence-corrected chi connectivity index (χ1v) is 6.51. The van der Waals surface area contributed by atoms with Crippen LogP contribution in [0.4, 0.5) is 0 Å². The number of allylic oxidation sites excluding steroid dienone is 1. The zero-order chi connectivity index (χ0) is 14.1. The van der Waals surface area contributed by atoms with E-state index in [0.29, 0.717) is 12.3 Å². The van der Waals surface area contributed by atoms with Gasteiger partial charge in [0.1, 0.15) is 0 Å². The number of rotatable bonds is 8. The van der Waals surface area contributed by atoms with E-state index in [1.165, 1.54) is 19.3 Å². The number of hydrogen-bond donors (Lipinski definition) is 2. The second-order valence-corrected chi connectivity index (χ2v) is 3.59. The van der Waals surface area contributed by atoms with Gasteiger partial charge in [0, 0.05) is 27.2 Å². The van der Waals surface area contributed by atoms with Crippen LogP contribution in [0.1, 0.15) is 52.9 Å². The molecule has 0 aliphatic carbocycles. The minimum atomic E-state index is 0. The van der Waals surface area contributed by atoms with Crippen molar-refractivity contribution in [2.24, 2.45) is 5.92 Å². The van der Waals surface area contributed by atoms with Crippen molar-refractivity contribution in [2.75, 3.05) is 20.8 Å². The van der Waals surface area contributed by atoms with E-state index in [-0.39, 0.29) is 11.2 Å². The maximum absolute atomic E-state index is 9.06. The predicted octanol–water partition coefficient (Wildman–Crippen LogP) is 3.10. The molecule has 0 aromatic carbocycles. The zero-order valence-corrected chi connectivity index (χ0v) is 12.8. The summed E-state index contributed by atoms with van der Waals surface area (Å²) in [7, 11) is 2.70. The Morgan fingerprint density at radius 3 is 2.06 bits per heavy atom. The molecule has 0 saturated heterocycles. The first kappa shape index (κ1) is 26.1. The lowest BCUT2D eigenvalue weighted by atomic mass is 9.98. The molecule has 0 aromatic rings. The summed E-state index contributed by atoms with van der Waals surface area (Å²) in [5.41, 5.74) is 0. The molecule has 4 heteroatoms. The van der Waals surface area contributed by atoms with Gasteiger partial charge in [-0.25, -0.2) is 0 Å². The number of unbranched alkanes of at least 4 members (excludes halogenated alkanes) is 2. The number of aliphatic hydroxyl groups is 2. The van der Waals surface area contributed by atoms with Gasteiger partial charge >= 0.3 is 0 Å². The summed E-state index contributed by atoms with van der Waals surface area (Å²) in [6, 6.07) is 0. The molecule has 114 valence electrons. The maximum atomic E-state index is 9.06. The van der Waals surface area contributed by atoms with Gasteiger partial charge in [-0.05, 0) is 12.3 Å². The summed E-state index contributed by atoms with van der Waals surface area (Å²) < 4.78 is 5.08. The van der Waals surface area contributed by atoms with Crippen molar-refractivity contribution in [3.05, 3.63) is 12.3 Å². The highest BCUT2D eigenvalue weighted by molar-refractivity contribution is 4.82. The molecule has 0 radical (unpaired) electrons. The normalized spacial score (nSPS) is 9.89. The molecule has 0 rings (SSSR count). The Hall–Kier alpha value is -0.580. The molecular weight excluding hydrogens is 232 g/mol. The zero-order valence-electron chi connectivity index (χ0n) is 12.8. The maximum Gasteiger partial charge on any atom is 0.0854 e. The molecule has 1 atom stereocenters. The van der Waals surface area contributed by atoms with Crippen LogP contribution in [-0.2, 0) is 4.74 Å². The summed E-state index contributed by atoms with van der Waals surface area (Å²) in [6.45, 7) is 10.4. The van der Waals surface area contributed by atoms with Crippen LogP contribution >= 0.6 is 0 Å². The lowest BCUT2D eigenvalue weighted by Crippen LogP contribution is -2.09. The quantitative estimate of drug-likeness (QED) is 0.523. The van der Waals surface area contributed by atoms with Crippen LogP contribution in [0.15, 0.2) is 12.3 Å². The average Bonchev–Trinajstić information content (AvgIpc) is 2.34. The number of methoxy groups -OCH3 is 1. The summed E-state index contributed by atoms with van der Waals surface area (Å²) in [5.74, 6) is 0.715. The van der Waals surface area contributed by atoms with E-state index >= 15 is 0 Å². The molecule has 0 aromatic heterocycles. The molecular formula is C14H34O4. The highest BCUT2D eigenvalue weighted by Gasteiger charge is 2.09. The minimum absolute atomic E-state index is 0. The van der Waals surface area contributed by atoms with Gasteiger partial charge in [-0.3, -0.25) is 0 Å². The van der Waals surface area contributed by atoms with Crippen molar-refractivity contribution in [1.29, 1.82) is 0 Å². The Balaban J connectivity index is -0.000000177. The van der Waals surface area contributed by atoms with Crippen molar-refractivity contribution < 1.29 is 20.4 Å². The van der Waals surface area contributed by atoms with Crippen LogP contribution in [0.2, 0.25) is 0 Å². The van der Waals surface area contributed by atoms with Gasteiger partial charge in [0.25, 0.3) is 0 Å². The van der Waals surface area contributed by atoms with Gasteiger partial charge in [-0.2, -0.15) is 0 Å². The summed E-state index contributed by atoms with van der Waals surface area (Å²) in [4.78, 5) is 0. The summed E-state index contributed by atoms with van der Waals surface area (Å²) >= 11 is 0. The Kier molecular flexibility index (Phi) is 36.7. The number of hydrogen-bond acceptors (Lipinski definition) is 3. The molecule has 0 saturated carbocycles. The van der Waals surface area contributed by atoms with Crippen LogP contribution in [-0.4, -0.2) is 36.5 Å². The highest BCUT2D eigenvalue weighted by atomic mass is 16.5. The van der Waals surface area contributed by atoms with Gasteiger partial charge in [0.05, 0.1) is 5.76 Å². The lowest BCUT2D eigenvalue weighted by molar-refractivity contribution is 0.139. The smallest absolute Gasteiger partial charge is 0.0854 e. The monoisotopic (exact) mass is 266 g/mol. The van der Waals surface area contributed by atoms with Crippen molar-refractivity contribution in [2.45, 2.75) is 52.9 Å². The first-order valence-electron chi connectivity index (χ1n) is 6.51. The lowest BCUT2D eigenvalue weighted by Gasteiger charge is -2.14. The van der Waals surface area contributed by atoms with Crippen molar-refractivity contribution in [1.82, 2.24) is 0 Å². The van der Waals surface area contributed by atoms with E-state index in [1.54, 1.807) is 7.11 Å². The first-order chi connectivity index (χ1) is 8.20.